The van der Waals surface area contributed by atoms with E-state index in [1.807, 2.05) is 55.5 Å². The molecule has 0 saturated carbocycles. The van der Waals surface area contributed by atoms with Gasteiger partial charge >= 0.3 is 0 Å². The lowest BCUT2D eigenvalue weighted by Crippen LogP contribution is -2.34. The van der Waals surface area contributed by atoms with Crippen molar-refractivity contribution in [1.82, 2.24) is 14.9 Å². The number of benzene rings is 2. The largest absolute Gasteiger partial charge is 0.348 e. The van der Waals surface area contributed by atoms with Gasteiger partial charge in [0.15, 0.2) is 0 Å². The van der Waals surface area contributed by atoms with Gasteiger partial charge in [0.05, 0.1) is 23.3 Å². The zero-order valence-corrected chi connectivity index (χ0v) is 12.8. The Morgan fingerprint density at radius 1 is 1.13 bits per heavy atom. The first-order chi connectivity index (χ1) is 11.1. The van der Waals surface area contributed by atoms with E-state index < -0.39 is 0 Å². The van der Waals surface area contributed by atoms with Gasteiger partial charge in [0, 0.05) is 0 Å². The monoisotopic (exact) mass is 307 g/mol. The van der Waals surface area contributed by atoms with Crippen molar-refractivity contribution in [2.75, 3.05) is 0 Å². The maximum atomic E-state index is 12.3. The Kier molecular flexibility index (Phi) is 4.19. The van der Waals surface area contributed by atoms with Crippen molar-refractivity contribution in [2.24, 2.45) is 0 Å². The summed E-state index contributed by atoms with van der Waals surface area (Å²) in [6, 6.07) is 16.9. The lowest BCUT2D eigenvalue weighted by molar-refractivity contribution is -0.122. The minimum atomic E-state index is -0.286. The van der Waals surface area contributed by atoms with Crippen molar-refractivity contribution < 1.29 is 4.79 Å². The van der Waals surface area contributed by atoms with Crippen LogP contribution in [0.2, 0.25) is 0 Å². The van der Waals surface area contributed by atoms with Crippen LogP contribution in [0.3, 0.4) is 0 Å². The van der Waals surface area contributed by atoms with Gasteiger partial charge in [0.2, 0.25) is 5.91 Å². The molecule has 116 valence electrons. The summed E-state index contributed by atoms with van der Waals surface area (Å²) in [5.41, 5.74) is 2.08. The molecular formula is C18H17N3O2. The summed E-state index contributed by atoms with van der Waals surface area (Å²) in [6.07, 6.45) is 1.25. The molecule has 5 nitrogen and oxygen atoms in total. The maximum absolute atomic E-state index is 12.3. The van der Waals surface area contributed by atoms with Gasteiger partial charge in [-0.15, -0.1) is 0 Å². The number of carbonyl (C=O) groups excluding carboxylic acids is 1. The van der Waals surface area contributed by atoms with E-state index >= 15 is 0 Å². The number of rotatable bonds is 4. The number of amides is 1. The number of carbonyl (C=O) groups is 1. The lowest BCUT2D eigenvalue weighted by Gasteiger charge is -2.15. The minimum Gasteiger partial charge on any atom is -0.348 e. The molecule has 0 aliphatic rings. The van der Waals surface area contributed by atoms with E-state index in [0.717, 1.165) is 5.56 Å². The van der Waals surface area contributed by atoms with Gasteiger partial charge in [0.25, 0.3) is 5.56 Å². The van der Waals surface area contributed by atoms with Crippen LogP contribution in [-0.2, 0) is 11.3 Å². The number of nitrogens with one attached hydrogen (secondary N) is 1. The molecule has 3 rings (SSSR count). The molecule has 0 aliphatic carbocycles. The van der Waals surface area contributed by atoms with Crippen LogP contribution in [0, 0.1) is 0 Å². The molecular weight excluding hydrogens is 290 g/mol. The summed E-state index contributed by atoms with van der Waals surface area (Å²) >= 11 is 0. The van der Waals surface area contributed by atoms with Gasteiger partial charge in [-0.2, -0.15) is 0 Å². The van der Waals surface area contributed by atoms with Crippen LogP contribution in [0.1, 0.15) is 18.5 Å². The molecule has 2 aromatic carbocycles. The molecule has 0 unspecified atom stereocenters. The Hall–Kier alpha value is -2.95. The van der Waals surface area contributed by atoms with Gasteiger partial charge in [0.1, 0.15) is 6.54 Å². The Morgan fingerprint density at radius 2 is 1.83 bits per heavy atom. The Morgan fingerprint density at radius 3 is 2.61 bits per heavy atom. The van der Waals surface area contributed by atoms with Crippen LogP contribution < -0.4 is 10.9 Å². The van der Waals surface area contributed by atoms with Gasteiger partial charge in [-0.25, -0.2) is 4.98 Å². The highest BCUT2D eigenvalue weighted by Crippen LogP contribution is 2.12. The summed E-state index contributed by atoms with van der Waals surface area (Å²) in [5.74, 6) is -0.209. The predicted molar refractivity (Wildman–Crippen MR) is 89.0 cm³/mol. The van der Waals surface area contributed by atoms with Gasteiger partial charge in [-0.1, -0.05) is 42.5 Å². The van der Waals surface area contributed by atoms with Crippen molar-refractivity contribution in [1.29, 1.82) is 0 Å². The fourth-order valence-electron chi connectivity index (χ4n) is 2.53. The number of hydrogen-bond donors (Lipinski definition) is 1. The lowest BCUT2D eigenvalue weighted by atomic mass is 10.1. The zero-order chi connectivity index (χ0) is 16.2. The van der Waals surface area contributed by atoms with Crippen molar-refractivity contribution >= 4 is 16.9 Å². The smallest absolute Gasteiger partial charge is 0.269 e. The summed E-state index contributed by atoms with van der Waals surface area (Å²) in [4.78, 5) is 28.4. The molecule has 0 radical (unpaired) electrons. The molecule has 1 heterocycles. The van der Waals surface area contributed by atoms with Gasteiger partial charge in [-0.05, 0) is 24.6 Å². The third kappa shape index (κ3) is 3.29. The summed E-state index contributed by atoms with van der Waals surface area (Å²) in [6.45, 7) is 1.89. The number of para-hydroxylation sites is 2. The molecule has 0 fully saturated rings. The SMILES string of the molecule is C[C@@H](NC(=O)Cn1c(=O)cnc2ccccc21)c1ccccc1. The predicted octanol–water partition coefficient (Wildman–Crippen LogP) is 2.27. The van der Waals surface area contributed by atoms with Crippen LogP contribution in [0.15, 0.2) is 65.6 Å². The van der Waals surface area contributed by atoms with E-state index in [0.29, 0.717) is 11.0 Å². The number of fused-ring (bicyclic) bond motifs is 1. The number of hydrogen-bond acceptors (Lipinski definition) is 3. The zero-order valence-electron chi connectivity index (χ0n) is 12.8. The van der Waals surface area contributed by atoms with Gasteiger partial charge < -0.3 is 5.32 Å². The summed E-state index contributed by atoms with van der Waals surface area (Å²) in [7, 11) is 0. The standard InChI is InChI=1S/C18H17N3O2/c1-13(14-7-3-2-4-8-14)20-17(22)12-21-16-10-6-5-9-15(16)19-11-18(21)23/h2-11,13H,12H2,1H3,(H,20,22)/t13-/m1/s1. The maximum Gasteiger partial charge on any atom is 0.269 e. The molecule has 1 N–H and O–H groups in total. The minimum absolute atomic E-state index is 0.0287. The second kappa shape index (κ2) is 6.44. The Balaban J connectivity index is 1.81. The first-order valence-electron chi connectivity index (χ1n) is 7.44. The van der Waals surface area contributed by atoms with E-state index in [2.05, 4.69) is 10.3 Å². The van der Waals surface area contributed by atoms with Crippen molar-refractivity contribution in [3.8, 4) is 0 Å². The molecule has 1 aromatic heterocycles. The summed E-state index contributed by atoms with van der Waals surface area (Å²) < 4.78 is 1.44. The molecule has 23 heavy (non-hydrogen) atoms. The molecule has 3 aromatic rings. The molecule has 1 atom stereocenters. The third-order valence-electron chi connectivity index (χ3n) is 3.73. The van der Waals surface area contributed by atoms with Crippen LogP contribution in [0.4, 0.5) is 0 Å². The highest BCUT2D eigenvalue weighted by atomic mass is 16.2. The molecule has 0 bridgehead atoms. The first kappa shape index (κ1) is 15.0. The first-order valence-corrected chi connectivity index (χ1v) is 7.44. The molecule has 5 heteroatoms. The van der Waals surface area contributed by atoms with Crippen LogP contribution >= 0.6 is 0 Å². The fraction of sp³-hybridized carbons (Fsp3) is 0.167. The average molecular weight is 307 g/mol. The Labute approximate surface area is 133 Å². The molecule has 0 spiro atoms. The van der Waals surface area contributed by atoms with Crippen LogP contribution in [0.25, 0.3) is 11.0 Å². The molecule has 1 amide bonds. The normalized spacial score (nSPS) is 12.0. The second-order valence-electron chi connectivity index (χ2n) is 5.37. The Bertz CT molecular complexity index is 887. The average Bonchev–Trinajstić information content (AvgIpc) is 2.58. The molecule has 0 aliphatic heterocycles. The van der Waals surface area contributed by atoms with Gasteiger partial charge in [-0.3, -0.25) is 14.2 Å². The van der Waals surface area contributed by atoms with Crippen molar-refractivity contribution in [3.05, 3.63) is 76.7 Å². The second-order valence-corrected chi connectivity index (χ2v) is 5.37. The van der Waals surface area contributed by atoms with E-state index in [1.165, 1.54) is 10.8 Å². The number of aromatic nitrogens is 2. The topological polar surface area (TPSA) is 64.0 Å². The highest BCUT2D eigenvalue weighted by Gasteiger charge is 2.12. The van der Waals surface area contributed by atoms with Crippen molar-refractivity contribution in [3.63, 3.8) is 0 Å². The van der Waals surface area contributed by atoms with E-state index in [1.54, 1.807) is 6.07 Å². The van der Waals surface area contributed by atoms with E-state index in [-0.39, 0.29) is 24.1 Å². The van der Waals surface area contributed by atoms with E-state index in [4.69, 9.17) is 0 Å². The molecule has 0 saturated heterocycles. The van der Waals surface area contributed by atoms with Crippen LogP contribution in [-0.4, -0.2) is 15.5 Å². The quantitative estimate of drug-likeness (QED) is 0.804. The third-order valence-corrected chi connectivity index (χ3v) is 3.73. The van der Waals surface area contributed by atoms with Crippen LogP contribution in [0.5, 0.6) is 0 Å². The fourth-order valence-corrected chi connectivity index (χ4v) is 2.53. The highest BCUT2D eigenvalue weighted by molar-refractivity contribution is 5.80. The van der Waals surface area contributed by atoms with E-state index in [9.17, 15) is 9.59 Å². The van der Waals surface area contributed by atoms with Crippen molar-refractivity contribution in [2.45, 2.75) is 19.5 Å². The summed E-state index contributed by atoms with van der Waals surface area (Å²) in [5, 5.41) is 2.92. The number of nitrogens with zero attached hydrogens (tertiary/aromatic N) is 2.